The molecule has 0 amide bonds. The molecule has 23 heavy (non-hydrogen) atoms. The fourth-order valence-electron chi connectivity index (χ4n) is 3.54. The number of pyridine rings is 1. The third kappa shape index (κ3) is 2.65. The summed E-state index contributed by atoms with van der Waals surface area (Å²) in [4.78, 5) is 18.9. The number of rotatable bonds is 3. The molecule has 0 N–H and O–H groups in total. The number of hydrogen-bond donors (Lipinski definition) is 0. The Balaban J connectivity index is 1.71. The van der Waals surface area contributed by atoms with Crippen LogP contribution >= 0.6 is 0 Å². The van der Waals surface area contributed by atoms with Gasteiger partial charge in [0, 0.05) is 30.4 Å². The summed E-state index contributed by atoms with van der Waals surface area (Å²) in [5, 5.41) is 0.849. The van der Waals surface area contributed by atoms with Crippen molar-refractivity contribution in [2.75, 3.05) is 24.6 Å². The second kappa shape index (κ2) is 5.81. The van der Waals surface area contributed by atoms with Gasteiger partial charge in [-0.05, 0) is 44.0 Å². The van der Waals surface area contributed by atoms with Crippen molar-refractivity contribution in [3.63, 3.8) is 0 Å². The first-order chi connectivity index (χ1) is 11.2. The van der Waals surface area contributed by atoms with Gasteiger partial charge < -0.3 is 14.4 Å². The number of hydrogen-bond acceptors (Lipinski definition) is 5. The molecule has 4 rings (SSSR count). The Labute approximate surface area is 135 Å². The number of nitrogens with zero attached hydrogens (tertiary/aromatic N) is 2. The molecular weight excluding hydrogens is 292 g/mol. The van der Waals surface area contributed by atoms with Crippen LogP contribution in [0.15, 0.2) is 30.5 Å². The number of anilines is 1. The van der Waals surface area contributed by atoms with E-state index in [0.29, 0.717) is 24.4 Å². The Morgan fingerprint density at radius 1 is 1.30 bits per heavy atom. The van der Waals surface area contributed by atoms with Crippen molar-refractivity contribution in [1.29, 1.82) is 0 Å². The van der Waals surface area contributed by atoms with E-state index >= 15 is 0 Å². The summed E-state index contributed by atoms with van der Waals surface area (Å²) in [5.74, 6) is -0.293. The lowest BCUT2D eigenvalue weighted by Gasteiger charge is -2.34. The second-order valence-corrected chi connectivity index (χ2v) is 6.14. The average Bonchev–Trinajstić information content (AvgIpc) is 2.92. The van der Waals surface area contributed by atoms with E-state index in [9.17, 15) is 4.79 Å². The second-order valence-electron chi connectivity index (χ2n) is 6.14. The maximum absolute atomic E-state index is 12.2. The largest absolute Gasteiger partial charge is 0.462 e. The Morgan fingerprint density at radius 3 is 2.83 bits per heavy atom. The quantitative estimate of drug-likeness (QED) is 0.816. The SMILES string of the molecule is CCOC(=O)c1ccnc2ccc(N3CC4CCC(C3)O4)cc12. The third-order valence-corrected chi connectivity index (χ3v) is 4.63. The summed E-state index contributed by atoms with van der Waals surface area (Å²) in [6.45, 7) is 4.01. The van der Waals surface area contributed by atoms with E-state index in [-0.39, 0.29) is 5.97 Å². The predicted molar refractivity (Wildman–Crippen MR) is 87.8 cm³/mol. The summed E-state index contributed by atoms with van der Waals surface area (Å²) >= 11 is 0. The van der Waals surface area contributed by atoms with Gasteiger partial charge in [-0.15, -0.1) is 0 Å². The first kappa shape index (κ1) is 14.5. The highest BCUT2D eigenvalue weighted by molar-refractivity contribution is 6.04. The van der Waals surface area contributed by atoms with E-state index in [1.54, 1.807) is 12.3 Å². The minimum atomic E-state index is -0.293. The fraction of sp³-hybridized carbons (Fsp3) is 0.444. The lowest BCUT2D eigenvalue weighted by Crippen LogP contribution is -2.42. The van der Waals surface area contributed by atoms with Crippen LogP contribution in [0.1, 0.15) is 30.1 Å². The van der Waals surface area contributed by atoms with Crippen molar-refractivity contribution in [2.45, 2.75) is 32.0 Å². The third-order valence-electron chi connectivity index (χ3n) is 4.63. The zero-order valence-electron chi connectivity index (χ0n) is 13.2. The van der Waals surface area contributed by atoms with Gasteiger partial charge >= 0.3 is 5.97 Å². The van der Waals surface area contributed by atoms with Crippen molar-refractivity contribution in [3.8, 4) is 0 Å². The number of fused-ring (bicyclic) bond motifs is 3. The first-order valence-electron chi connectivity index (χ1n) is 8.21. The summed E-state index contributed by atoms with van der Waals surface area (Å²) in [6.07, 6.45) is 4.61. The molecule has 0 saturated carbocycles. The van der Waals surface area contributed by atoms with Gasteiger partial charge in [0.1, 0.15) is 0 Å². The van der Waals surface area contributed by atoms with E-state index in [1.807, 2.05) is 13.0 Å². The lowest BCUT2D eigenvalue weighted by atomic mass is 10.1. The van der Waals surface area contributed by atoms with E-state index < -0.39 is 0 Å². The maximum atomic E-state index is 12.2. The normalized spacial score (nSPS) is 23.3. The summed E-state index contributed by atoms with van der Waals surface area (Å²) < 4.78 is 11.1. The van der Waals surface area contributed by atoms with Gasteiger partial charge in [-0.25, -0.2) is 4.79 Å². The number of morpholine rings is 1. The summed E-state index contributed by atoms with van der Waals surface area (Å²) in [5.41, 5.74) is 2.52. The van der Waals surface area contributed by atoms with Crippen LogP contribution in [0.2, 0.25) is 0 Å². The van der Waals surface area contributed by atoms with Crippen LogP contribution < -0.4 is 4.90 Å². The zero-order valence-corrected chi connectivity index (χ0v) is 13.2. The number of benzene rings is 1. The van der Waals surface area contributed by atoms with Crippen LogP contribution in [-0.2, 0) is 9.47 Å². The van der Waals surface area contributed by atoms with Gasteiger partial charge in [-0.1, -0.05) is 0 Å². The molecule has 5 nitrogen and oxygen atoms in total. The van der Waals surface area contributed by atoms with E-state index in [1.165, 1.54) is 0 Å². The van der Waals surface area contributed by atoms with Crippen LogP contribution in [0.3, 0.4) is 0 Å². The molecule has 2 aromatic rings. The minimum Gasteiger partial charge on any atom is -0.462 e. The van der Waals surface area contributed by atoms with Gasteiger partial charge in [-0.3, -0.25) is 4.98 Å². The highest BCUT2D eigenvalue weighted by Crippen LogP contribution is 2.31. The maximum Gasteiger partial charge on any atom is 0.338 e. The van der Waals surface area contributed by atoms with Crippen LogP contribution in [0.5, 0.6) is 0 Å². The molecule has 2 saturated heterocycles. The van der Waals surface area contributed by atoms with E-state index in [0.717, 1.165) is 42.5 Å². The molecule has 0 aliphatic carbocycles. The Bertz CT molecular complexity index is 734. The molecular formula is C18H20N2O3. The molecule has 2 atom stereocenters. The average molecular weight is 312 g/mol. The van der Waals surface area contributed by atoms with Gasteiger partial charge in [0.2, 0.25) is 0 Å². The van der Waals surface area contributed by atoms with Crippen molar-refractivity contribution in [3.05, 3.63) is 36.0 Å². The van der Waals surface area contributed by atoms with Crippen molar-refractivity contribution < 1.29 is 14.3 Å². The van der Waals surface area contributed by atoms with Crippen LogP contribution in [0.25, 0.3) is 10.9 Å². The fourth-order valence-corrected chi connectivity index (χ4v) is 3.54. The molecule has 0 spiro atoms. The molecule has 120 valence electrons. The topological polar surface area (TPSA) is 51.7 Å². The molecule has 2 aliphatic heterocycles. The van der Waals surface area contributed by atoms with Crippen LogP contribution in [0, 0.1) is 0 Å². The highest BCUT2D eigenvalue weighted by atomic mass is 16.5. The van der Waals surface area contributed by atoms with E-state index in [4.69, 9.17) is 9.47 Å². The smallest absolute Gasteiger partial charge is 0.338 e. The van der Waals surface area contributed by atoms with Gasteiger partial charge in [0.25, 0.3) is 0 Å². The first-order valence-corrected chi connectivity index (χ1v) is 8.21. The Morgan fingerprint density at radius 2 is 2.09 bits per heavy atom. The molecule has 2 unspecified atom stereocenters. The number of esters is 1. The van der Waals surface area contributed by atoms with Gasteiger partial charge in [0.15, 0.2) is 0 Å². The van der Waals surface area contributed by atoms with Crippen LogP contribution in [-0.4, -0.2) is 42.9 Å². The number of carbonyl (C=O) groups excluding carboxylic acids is 1. The molecule has 0 radical (unpaired) electrons. The minimum absolute atomic E-state index is 0.293. The highest BCUT2D eigenvalue weighted by Gasteiger charge is 2.33. The Hall–Kier alpha value is -2.14. The van der Waals surface area contributed by atoms with Crippen molar-refractivity contribution >= 4 is 22.6 Å². The number of ether oxygens (including phenoxy) is 2. The van der Waals surface area contributed by atoms with Gasteiger partial charge in [-0.2, -0.15) is 0 Å². The van der Waals surface area contributed by atoms with E-state index in [2.05, 4.69) is 22.0 Å². The van der Waals surface area contributed by atoms with Crippen molar-refractivity contribution in [2.24, 2.45) is 0 Å². The standard InChI is InChI=1S/C18H20N2O3/c1-2-22-18(21)15-7-8-19-17-6-3-12(9-16(15)17)20-10-13-4-5-14(11-20)23-13/h3,6-9,13-14H,2,4-5,10-11H2,1H3. The monoisotopic (exact) mass is 312 g/mol. The number of aromatic nitrogens is 1. The van der Waals surface area contributed by atoms with Crippen LogP contribution in [0.4, 0.5) is 5.69 Å². The molecule has 1 aromatic carbocycles. The number of carbonyl (C=O) groups is 1. The van der Waals surface area contributed by atoms with Gasteiger partial charge in [0.05, 0.1) is 29.9 Å². The molecule has 3 heterocycles. The lowest BCUT2D eigenvalue weighted by molar-refractivity contribution is 0.0305. The molecule has 5 heteroatoms. The predicted octanol–water partition coefficient (Wildman–Crippen LogP) is 2.78. The molecule has 2 fully saturated rings. The Kier molecular flexibility index (Phi) is 3.65. The molecule has 2 bridgehead atoms. The van der Waals surface area contributed by atoms with Crippen molar-refractivity contribution in [1.82, 2.24) is 4.98 Å². The molecule has 1 aromatic heterocycles. The molecule has 2 aliphatic rings. The zero-order chi connectivity index (χ0) is 15.8. The summed E-state index contributed by atoms with van der Waals surface area (Å²) in [6, 6.07) is 7.84. The summed E-state index contributed by atoms with van der Waals surface area (Å²) in [7, 11) is 0.